The zero-order valence-electron chi connectivity index (χ0n) is 17.8. The van der Waals surface area contributed by atoms with E-state index in [2.05, 4.69) is 47.1 Å². The zero-order chi connectivity index (χ0) is 22.1. The summed E-state index contributed by atoms with van der Waals surface area (Å²) in [7, 11) is 0. The summed E-state index contributed by atoms with van der Waals surface area (Å²) in [6, 6.07) is 25.9. The van der Waals surface area contributed by atoms with Crippen molar-refractivity contribution in [3.05, 3.63) is 99.5 Å². The van der Waals surface area contributed by atoms with Crippen LogP contribution in [0.3, 0.4) is 0 Å². The van der Waals surface area contributed by atoms with E-state index < -0.39 is 0 Å². The molecule has 4 rings (SSSR count). The van der Waals surface area contributed by atoms with Crippen molar-refractivity contribution >= 4 is 28.9 Å². The predicted molar refractivity (Wildman–Crippen MR) is 131 cm³/mol. The van der Waals surface area contributed by atoms with Crippen LogP contribution >= 0.6 is 23.2 Å². The van der Waals surface area contributed by atoms with Gasteiger partial charge in [0.1, 0.15) is 0 Å². The van der Waals surface area contributed by atoms with Crippen LogP contribution in [0.4, 0.5) is 5.69 Å². The van der Waals surface area contributed by atoms with Crippen molar-refractivity contribution in [2.75, 3.05) is 37.6 Å². The molecule has 0 aromatic heterocycles. The lowest BCUT2D eigenvalue weighted by Crippen LogP contribution is -2.47. The Bertz CT molecular complexity index is 989. The van der Waals surface area contributed by atoms with Gasteiger partial charge in [-0.2, -0.15) is 5.26 Å². The highest BCUT2D eigenvalue weighted by Gasteiger charge is 2.18. The Labute approximate surface area is 195 Å². The standard InChI is InChI=1S/C20H22ClN3.C6H5Cl/c1-16-2-4-17(5-3-16)8-9-23-10-12-24(13-11-23)20-7-6-18(15-22)14-19(20)21;7-6-4-2-1-3-5-6/h2-7,14H,8-13H2,1H3;1-5H. The van der Waals surface area contributed by atoms with Gasteiger partial charge in [0, 0.05) is 37.7 Å². The molecule has 0 bridgehead atoms. The van der Waals surface area contributed by atoms with E-state index in [1.54, 1.807) is 6.07 Å². The van der Waals surface area contributed by atoms with Gasteiger partial charge in [0.05, 0.1) is 22.3 Å². The van der Waals surface area contributed by atoms with Crippen LogP contribution in [0.2, 0.25) is 10.0 Å². The molecule has 1 fully saturated rings. The lowest BCUT2D eigenvalue weighted by atomic mass is 10.1. The van der Waals surface area contributed by atoms with Crippen molar-refractivity contribution in [3.63, 3.8) is 0 Å². The van der Waals surface area contributed by atoms with Gasteiger partial charge in [0.2, 0.25) is 0 Å². The molecule has 3 aromatic rings. The summed E-state index contributed by atoms with van der Waals surface area (Å²) in [5, 5.41) is 10.4. The molecular weight excluding hydrogens is 425 g/mol. The first-order valence-corrected chi connectivity index (χ1v) is 11.2. The Balaban J connectivity index is 0.000000330. The molecule has 1 aliphatic heterocycles. The fourth-order valence-electron chi connectivity index (χ4n) is 3.50. The van der Waals surface area contributed by atoms with E-state index in [1.165, 1.54) is 11.1 Å². The number of piperazine rings is 1. The summed E-state index contributed by atoms with van der Waals surface area (Å²) in [6.45, 7) is 7.25. The Hall–Kier alpha value is -2.51. The third-order valence-electron chi connectivity index (χ3n) is 5.36. The van der Waals surface area contributed by atoms with Crippen LogP contribution in [0.25, 0.3) is 0 Å². The second-order valence-electron chi connectivity index (χ2n) is 7.64. The number of rotatable bonds is 4. The smallest absolute Gasteiger partial charge is 0.0992 e. The van der Waals surface area contributed by atoms with Gasteiger partial charge in [-0.05, 0) is 49.2 Å². The average molecular weight is 452 g/mol. The first-order chi connectivity index (χ1) is 15.0. The molecule has 3 nitrogen and oxygen atoms in total. The molecule has 31 heavy (non-hydrogen) atoms. The van der Waals surface area contributed by atoms with Gasteiger partial charge in [0.15, 0.2) is 0 Å². The fraction of sp³-hybridized carbons (Fsp3) is 0.269. The highest BCUT2D eigenvalue weighted by Crippen LogP contribution is 2.27. The minimum absolute atomic E-state index is 0.612. The summed E-state index contributed by atoms with van der Waals surface area (Å²) in [4.78, 5) is 4.82. The third-order valence-corrected chi connectivity index (χ3v) is 5.91. The fourth-order valence-corrected chi connectivity index (χ4v) is 3.95. The van der Waals surface area contributed by atoms with Crippen LogP contribution in [0.1, 0.15) is 16.7 Å². The molecule has 0 radical (unpaired) electrons. The number of halogens is 2. The summed E-state index contributed by atoms with van der Waals surface area (Å²) < 4.78 is 0. The molecule has 0 unspecified atom stereocenters. The van der Waals surface area contributed by atoms with Gasteiger partial charge in [-0.3, -0.25) is 4.90 Å². The number of nitriles is 1. The minimum atomic E-state index is 0.612. The second kappa shape index (κ2) is 11.8. The van der Waals surface area contributed by atoms with Crippen molar-refractivity contribution in [1.29, 1.82) is 5.26 Å². The lowest BCUT2D eigenvalue weighted by molar-refractivity contribution is 0.261. The Morgan fingerprint density at radius 2 is 1.55 bits per heavy atom. The van der Waals surface area contributed by atoms with E-state index in [9.17, 15) is 0 Å². The molecule has 1 saturated heterocycles. The molecule has 3 aromatic carbocycles. The topological polar surface area (TPSA) is 30.3 Å². The highest BCUT2D eigenvalue weighted by molar-refractivity contribution is 6.33. The summed E-state index contributed by atoms with van der Waals surface area (Å²) >= 11 is 11.9. The second-order valence-corrected chi connectivity index (χ2v) is 8.48. The van der Waals surface area contributed by atoms with Crippen LogP contribution in [0.15, 0.2) is 72.8 Å². The van der Waals surface area contributed by atoms with Crippen LogP contribution < -0.4 is 4.90 Å². The van der Waals surface area contributed by atoms with E-state index in [4.69, 9.17) is 28.5 Å². The van der Waals surface area contributed by atoms with Gasteiger partial charge in [-0.25, -0.2) is 0 Å². The molecule has 0 spiro atoms. The predicted octanol–water partition coefficient (Wildman–Crippen LogP) is 6.22. The van der Waals surface area contributed by atoms with Crippen molar-refractivity contribution in [2.24, 2.45) is 0 Å². The molecule has 0 atom stereocenters. The Morgan fingerprint density at radius 1 is 0.871 bits per heavy atom. The van der Waals surface area contributed by atoms with Gasteiger partial charge in [-0.15, -0.1) is 0 Å². The number of hydrogen-bond donors (Lipinski definition) is 0. The maximum Gasteiger partial charge on any atom is 0.0992 e. The average Bonchev–Trinajstić information content (AvgIpc) is 2.80. The van der Waals surface area contributed by atoms with Crippen molar-refractivity contribution in [3.8, 4) is 6.07 Å². The van der Waals surface area contributed by atoms with Gasteiger partial charge < -0.3 is 4.90 Å². The van der Waals surface area contributed by atoms with Crippen LogP contribution in [-0.4, -0.2) is 37.6 Å². The van der Waals surface area contributed by atoms with Gasteiger partial charge >= 0.3 is 0 Å². The Morgan fingerprint density at radius 3 is 2.10 bits per heavy atom. The monoisotopic (exact) mass is 451 g/mol. The molecule has 0 N–H and O–H groups in total. The normalized spacial score (nSPS) is 13.8. The summed E-state index contributed by atoms with van der Waals surface area (Å²) in [5.74, 6) is 0. The molecule has 1 aliphatic rings. The zero-order valence-corrected chi connectivity index (χ0v) is 19.3. The number of nitrogens with zero attached hydrogens (tertiary/aromatic N) is 3. The molecule has 0 amide bonds. The van der Waals surface area contributed by atoms with Gasteiger partial charge in [-0.1, -0.05) is 71.2 Å². The number of anilines is 1. The quantitative estimate of drug-likeness (QED) is 0.471. The number of hydrogen-bond acceptors (Lipinski definition) is 3. The lowest BCUT2D eigenvalue weighted by Gasteiger charge is -2.36. The first kappa shape index (κ1) is 23.2. The maximum atomic E-state index is 8.94. The summed E-state index contributed by atoms with van der Waals surface area (Å²) in [5.41, 5.74) is 4.36. The van der Waals surface area contributed by atoms with E-state index >= 15 is 0 Å². The largest absolute Gasteiger partial charge is 0.368 e. The van der Waals surface area contributed by atoms with E-state index in [0.29, 0.717) is 10.6 Å². The van der Waals surface area contributed by atoms with E-state index in [0.717, 1.165) is 49.9 Å². The van der Waals surface area contributed by atoms with Crippen molar-refractivity contribution in [1.82, 2.24) is 4.90 Å². The Kier molecular flexibility index (Phi) is 8.79. The molecule has 0 aliphatic carbocycles. The molecular formula is C26H27Cl2N3. The van der Waals surface area contributed by atoms with Crippen molar-refractivity contribution in [2.45, 2.75) is 13.3 Å². The SMILES string of the molecule is Cc1ccc(CCN2CCN(c3ccc(C#N)cc3Cl)CC2)cc1.Clc1ccccc1. The van der Waals surface area contributed by atoms with Gasteiger partial charge in [0.25, 0.3) is 0 Å². The van der Waals surface area contributed by atoms with Crippen LogP contribution in [-0.2, 0) is 6.42 Å². The molecule has 0 saturated carbocycles. The van der Waals surface area contributed by atoms with E-state index in [1.807, 2.05) is 42.5 Å². The summed E-state index contributed by atoms with van der Waals surface area (Å²) in [6.07, 6.45) is 1.10. The minimum Gasteiger partial charge on any atom is -0.368 e. The molecule has 5 heteroatoms. The third kappa shape index (κ3) is 7.29. The molecule has 1 heterocycles. The molecule has 160 valence electrons. The number of benzene rings is 3. The van der Waals surface area contributed by atoms with Crippen molar-refractivity contribution < 1.29 is 0 Å². The first-order valence-electron chi connectivity index (χ1n) is 10.5. The van der Waals surface area contributed by atoms with Crippen LogP contribution in [0, 0.1) is 18.3 Å². The highest BCUT2D eigenvalue weighted by atomic mass is 35.5. The maximum absolute atomic E-state index is 8.94. The number of aryl methyl sites for hydroxylation is 1. The van der Waals surface area contributed by atoms with Crippen LogP contribution in [0.5, 0.6) is 0 Å². The van der Waals surface area contributed by atoms with E-state index in [-0.39, 0.29) is 0 Å².